The second-order valence-corrected chi connectivity index (χ2v) is 7.61. The van der Waals surface area contributed by atoms with Gasteiger partial charge in [0.05, 0.1) is 7.11 Å². The minimum atomic E-state index is -1.80. The summed E-state index contributed by atoms with van der Waals surface area (Å²) in [7, 11) is 0.919. The van der Waals surface area contributed by atoms with Gasteiger partial charge in [-0.05, 0) is 12.1 Å². The fraction of sp³-hybridized carbons (Fsp3) is 0.174. The van der Waals surface area contributed by atoms with E-state index in [4.69, 9.17) is 9.47 Å². The Morgan fingerprint density at radius 3 is 2.31 bits per heavy atom. The summed E-state index contributed by atoms with van der Waals surface area (Å²) in [5, 5.41) is 58.9. The van der Waals surface area contributed by atoms with Gasteiger partial charge >= 0.3 is 5.97 Å². The topological polar surface area (TPSA) is 166 Å². The number of fused-ring (bicyclic) bond motifs is 1. The van der Waals surface area contributed by atoms with Crippen LogP contribution in [0.3, 0.4) is 0 Å². The van der Waals surface area contributed by atoms with Gasteiger partial charge in [-0.15, -0.1) is 0 Å². The highest BCUT2D eigenvalue weighted by Crippen LogP contribution is 2.45. The molecule has 3 aromatic carbocycles. The number of phenols is 6. The summed E-state index contributed by atoms with van der Waals surface area (Å²) in [6.07, 6.45) is -2.86. The van der Waals surface area contributed by atoms with Gasteiger partial charge in [0.1, 0.15) is 28.9 Å². The van der Waals surface area contributed by atoms with Crippen molar-refractivity contribution < 1.29 is 58.4 Å². The van der Waals surface area contributed by atoms with Crippen LogP contribution in [0.15, 0.2) is 30.3 Å². The lowest BCUT2D eigenvalue weighted by Gasteiger charge is -2.34. The Balaban J connectivity index is 1.78. The number of hydrogen-bond donors (Lipinski definition) is 6. The molecule has 10 nitrogen and oxygen atoms in total. The number of esters is 1. The van der Waals surface area contributed by atoms with Crippen molar-refractivity contribution in [2.45, 2.75) is 18.6 Å². The molecule has 0 spiro atoms. The van der Waals surface area contributed by atoms with Crippen LogP contribution < -0.4 is 9.47 Å². The molecule has 0 bridgehead atoms. The van der Waals surface area contributed by atoms with Gasteiger partial charge in [0, 0.05) is 29.7 Å². The third-order valence-corrected chi connectivity index (χ3v) is 5.45. The minimum absolute atomic E-state index is 0.00803. The molecule has 1 heterocycles. The van der Waals surface area contributed by atoms with Gasteiger partial charge < -0.3 is 44.8 Å². The van der Waals surface area contributed by atoms with Crippen molar-refractivity contribution in [3.05, 3.63) is 58.7 Å². The quantitative estimate of drug-likeness (QED) is 0.235. The van der Waals surface area contributed by atoms with Crippen LogP contribution in [0.5, 0.6) is 46.0 Å². The molecule has 0 aromatic heterocycles. The van der Waals surface area contributed by atoms with Gasteiger partial charge in [0.25, 0.3) is 0 Å². The fourth-order valence-corrected chi connectivity index (χ4v) is 3.76. The molecule has 0 saturated carbocycles. The van der Waals surface area contributed by atoms with Crippen molar-refractivity contribution in [3.63, 3.8) is 0 Å². The molecule has 0 fully saturated rings. The second-order valence-electron chi connectivity index (χ2n) is 7.61. The van der Waals surface area contributed by atoms with Crippen molar-refractivity contribution in [2.24, 2.45) is 0 Å². The number of rotatable bonds is 4. The first kappa shape index (κ1) is 23.5. The Bertz CT molecular complexity index is 1340. The maximum absolute atomic E-state index is 14.7. The molecule has 1 aliphatic rings. The van der Waals surface area contributed by atoms with E-state index in [1.54, 1.807) is 0 Å². The number of carbonyl (C=O) groups is 1. The summed E-state index contributed by atoms with van der Waals surface area (Å²) in [6, 6.07) is 5.75. The molecule has 12 heteroatoms. The summed E-state index contributed by atoms with van der Waals surface area (Å²) in [4.78, 5) is 12.8. The Kier molecular flexibility index (Phi) is 5.81. The number of carbonyl (C=O) groups excluding carboxylic acids is 1. The van der Waals surface area contributed by atoms with Crippen LogP contribution in [-0.4, -0.2) is 49.8 Å². The fourth-order valence-electron chi connectivity index (χ4n) is 3.76. The smallest absolute Gasteiger partial charge is 0.344 e. The van der Waals surface area contributed by atoms with E-state index in [1.165, 1.54) is 12.1 Å². The average Bonchev–Trinajstić information content (AvgIpc) is 2.80. The number of hydrogen-bond acceptors (Lipinski definition) is 10. The standard InChI is InChI=1S/C23H18F2O10/c1-33-22-18(25)16(17(24)19(30)20(22)31)23(32)35-15-7-10-12(28)5-9(26)6-14(10)34-21(15)8-2-3-11(27)13(29)4-8/h2-6,15,21,26-31H,7H2,1H3. The minimum Gasteiger partial charge on any atom is -0.508 e. The third-order valence-electron chi connectivity index (χ3n) is 5.45. The Morgan fingerprint density at radius 2 is 1.66 bits per heavy atom. The highest BCUT2D eigenvalue weighted by Gasteiger charge is 2.39. The van der Waals surface area contributed by atoms with E-state index in [9.17, 15) is 44.2 Å². The molecule has 0 amide bonds. The zero-order valence-corrected chi connectivity index (χ0v) is 17.8. The molecule has 0 saturated heterocycles. The Hall–Kier alpha value is -4.61. The molecule has 1 aliphatic heterocycles. The second kappa shape index (κ2) is 8.63. The Morgan fingerprint density at radius 1 is 0.943 bits per heavy atom. The number of halogens is 2. The van der Waals surface area contributed by atoms with Crippen LogP contribution in [0, 0.1) is 11.6 Å². The van der Waals surface area contributed by atoms with Gasteiger partial charge in [-0.1, -0.05) is 6.07 Å². The van der Waals surface area contributed by atoms with E-state index in [-0.39, 0.29) is 29.0 Å². The van der Waals surface area contributed by atoms with Crippen LogP contribution in [0.4, 0.5) is 8.78 Å². The molecule has 2 atom stereocenters. The molecular formula is C23H18F2O10. The monoisotopic (exact) mass is 492 g/mol. The predicted molar refractivity (Wildman–Crippen MR) is 112 cm³/mol. The van der Waals surface area contributed by atoms with Gasteiger partial charge in [-0.2, -0.15) is 0 Å². The number of phenolic OH excluding ortho intramolecular Hbond substituents is 6. The molecule has 2 unspecified atom stereocenters. The van der Waals surface area contributed by atoms with E-state index >= 15 is 0 Å². The van der Waals surface area contributed by atoms with Crippen molar-refractivity contribution in [3.8, 4) is 46.0 Å². The van der Waals surface area contributed by atoms with Gasteiger partial charge in [-0.25, -0.2) is 13.6 Å². The van der Waals surface area contributed by atoms with E-state index in [2.05, 4.69) is 4.74 Å². The molecule has 6 N–H and O–H groups in total. The van der Waals surface area contributed by atoms with Crippen LogP contribution in [0.25, 0.3) is 0 Å². The van der Waals surface area contributed by atoms with E-state index in [1.807, 2.05) is 0 Å². The molecule has 0 radical (unpaired) electrons. The molecule has 3 aromatic rings. The first-order valence-corrected chi connectivity index (χ1v) is 9.94. The summed E-state index contributed by atoms with van der Waals surface area (Å²) >= 11 is 0. The van der Waals surface area contributed by atoms with Crippen molar-refractivity contribution in [2.75, 3.05) is 7.11 Å². The zero-order chi connectivity index (χ0) is 25.6. The summed E-state index contributed by atoms with van der Waals surface area (Å²) < 4.78 is 45.0. The highest BCUT2D eigenvalue weighted by molar-refractivity contribution is 5.92. The van der Waals surface area contributed by atoms with Gasteiger partial charge in [0.2, 0.25) is 11.5 Å². The summed E-state index contributed by atoms with van der Waals surface area (Å²) in [6.45, 7) is 0. The van der Waals surface area contributed by atoms with Crippen LogP contribution in [-0.2, 0) is 11.2 Å². The van der Waals surface area contributed by atoms with Crippen LogP contribution >= 0.6 is 0 Å². The molecule has 4 rings (SSSR count). The summed E-state index contributed by atoms with van der Waals surface area (Å²) in [5.74, 6) is -10.4. The molecule has 184 valence electrons. The average molecular weight is 492 g/mol. The van der Waals surface area contributed by atoms with E-state index in [0.717, 1.165) is 25.3 Å². The van der Waals surface area contributed by atoms with Crippen molar-refractivity contribution in [1.29, 1.82) is 0 Å². The SMILES string of the molecule is COc1c(O)c(O)c(F)c(C(=O)OC2Cc3c(O)cc(O)cc3OC2c2ccc(O)c(O)c2)c1F. The normalized spacial score (nSPS) is 16.8. The third kappa shape index (κ3) is 3.98. The first-order chi connectivity index (χ1) is 16.5. The predicted octanol–water partition coefficient (Wildman–Crippen LogP) is 3.11. The lowest BCUT2D eigenvalue weighted by Crippen LogP contribution is -2.35. The number of methoxy groups -OCH3 is 1. The number of ether oxygens (including phenoxy) is 3. The summed E-state index contributed by atoms with van der Waals surface area (Å²) in [5.41, 5.74) is -1.09. The lowest BCUT2D eigenvalue weighted by molar-refractivity contribution is -0.0196. The Labute approximate surface area is 195 Å². The largest absolute Gasteiger partial charge is 0.508 e. The molecular weight excluding hydrogens is 474 g/mol. The van der Waals surface area contributed by atoms with Gasteiger partial charge in [-0.3, -0.25) is 0 Å². The lowest BCUT2D eigenvalue weighted by atomic mass is 9.93. The van der Waals surface area contributed by atoms with Crippen LogP contribution in [0.2, 0.25) is 0 Å². The van der Waals surface area contributed by atoms with E-state index in [0.29, 0.717) is 0 Å². The first-order valence-electron chi connectivity index (χ1n) is 9.94. The van der Waals surface area contributed by atoms with Crippen molar-refractivity contribution in [1.82, 2.24) is 0 Å². The van der Waals surface area contributed by atoms with Crippen LogP contribution in [0.1, 0.15) is 27.6 Å². The molecule has 35 heavy (non-hydrogen) atoms. The molecule has 0 aliphatic carbocycles. The van der Waals surface area contributed by atoms with Crippen molar-refractivity contribution >= 4 is 5.97 Å². The number of benzene rings is 3. The maximum Gasteiger partial charge on any atom is 0.344 e. The maximum atomic E-state index is 14.7. The van der Waals surface area contributed by atoms with Gasteiger partial charge in [0.15, 0.2) is 35.0 Å². The highest BCUT2D eigenvalue weighted by atomic mass is 19.1. The zero-order valence-electron chi connectivity index (χ0n) is 17.8. The number of aromatic hydroxyl groups is 6. The van der Waals surface area contributed by atoms with E-state index < -0.39 is 69.9 Å².